The van der Waals surface area contributed by atoms with E-state index in [1.54, 1.807) is 12.0 Å². The number of piperidine rings is 1. The second kappa shape index (κ2) is 8.66. The van der Waals surface area contributed by atoms with Crippen molar-refractivity contribution in [1.82, 2.24) is 15.0 Å². The lowest BCUT2D eigenvalue weighted by atomic mass is 10.0. The van der Waals surface area contributed by atoms with Crippen molar-refractivity contribution in [2.24, 2.45) is 0 Å². The summed E-state index contributed by atoms with van der Waals surface area (Å²) >= 11 is 6.51. The van der Waals surface area contributed by atoms with E-state index in [9.17, 15) is 4.79 Å². The third kappa shape index (κ3) is 4.12. The number of methoxy groups -OCH3 is 1. The summed E-state index contributed by atoms with van der Waals surface area (Å²) in [5.74, 6) is 1.50. The molecule has 2 atom stereocenters. The summed E-state index contributed by atoms with van der Waals surface area (Å²) < 4.78 is 10.8. The molecule has 1 fully saturated rings. The molecular weight excluding hydrogens is 390 g/mol. The van der Waals surface area contributed by atoms with E-state index < -0.39 is 5.38 Å². The minimum Gasteiger partial charge on any atom is -0.497 e. The fourth-order valence-corrected chi connectivity index (χ4v) is 3.88. The second-order valence-electron chi connectivity index (χ2n) is 7.00. The maximum Gasteiger partial charge on any atom is 0.249 e. The molecule has 0 bridgehead atoms. The van der Waals surface area contributed by atoms with Crippen molar-refractivity contribution < 1.29 is 14.1 Å². The molecule has 1 aromatic heterocycles. The molecule has 1 aliphatic heterocycles. The van der Waals surface area contributed by atoms with Gasteiger partial charge in [0.05, 0.1) is 7.11 Å². The number of hydrogen-bond donors (Lipinski definition) is 0. The number of likely N-dealkylation sites (tertiary alicyclic amines) is 1. The molecule has 6 nitrogen and oxygen atoms in total. The average Bonchev–Trinajstić information content (AvgIpc) is 3.29. The van der Waals surface area contributed by atoms with Gasteiger partial charge in [-0.05, 0) is 37.0 Å². The molecule has 0 unspecified atom stereocenters. The van der Waals surface area contributed by atoms with Crippen molar-refractivity contribution in [2.75, 3.05) is 13.7 Å². The molecule has 2 aromatic carbocycles. The molecule has 0 spiro atoms. The van der Waals surface area contributed by atoms with E-state index in [0.29, 0.717) is 18.3 Å². The van der Waals surface area contributed by atoms with Crippen LogP contribution in [0.5, 0.6) is 5.75 Å². The number of ether oxygens (including phenoxy) is 1. The number of carbonyl (C=O) groups excluding carboxylic acids is 1. The van der Waals surface area contributed by atoms with Crippen LogP contribution in [-0.4, -0.2) is 34.6 Å². The van der Waals surface area contributed by atoms with Crippen LogP contribution in [0.4, 0.5) is 0 Å². The van der Waals surface area contributed by atoms with Gasteiger partial charge in [0.25, 0.3) is 0 Å². The van der Waals surface area contributed by atoms with Crippen LogP contribution in [0.15, 0.2) is 59.1 Å². The first-order valence-corrected chi connectivity index (χ1v) is 10.1. The molecule has 7 heteroatoms. The van der Waals surface area contributed by atoms with E-state index in [1.807, 2.05) is 54.6 Å². The van der Waals surface area contributed by atoms with Crippen molar-refractivity contribution in [1.29, 1.82) is 0 Å². The third-order valence-electron chi connectivity index (χ3n) is 5.15. The van der Waals surface area contributed by atoms with Crippen molar-refractivity contribution in [2.45, 2.75) is 30.7 Å². The van der Waals surface area contributed by atoms with Crippen LogP contribution in [-0.2, 0) is 4.79 Å². The first kappa shape index (κ1) is 19.5. The maximum absolute atomic E-state index is 13.1. The summed E-state index contributed by atoms with van der Waals surface area (Å²) in [6.07, 6.45) is 2.69. The highest BCUT2D eigenvalue weighted by atomic mass is 35.5. The zero-order chi connectivity index (χ0) is 20.2. The number of nitrogens with zero attached hydrogens (tertiary/aromatic N) is 3. The lowest BCUT2D eigenvalue weighted by molar-refractivity contribution is -0.135. The first-order valence-electron chi connectivity index (χ1n) is 9.65. The molecule has 3 aromatic rings. The second-order valence-corrected chi connectivity index (χ2v) is 7.44. The Hall–Kier alpha value is -2.86. The Bertz CT molecular complexity index is 976. The topological polar surface area (TPSA) is 68.5 Å². The van der Waals surface area contributed by atoms with Crippen molar-refractivity contribution in [3.8, 4) is 17.1 Å². The summed E-state index contributed by atoms with van der Waals surface area (Å²) in [6, 6.07) is 16.6. The van der Waals surface area contributed by atoms with Gasteiger partial charge in [-0.2, -0.15) is 4.98 Å². The lowest BCUT2D eigenvalue weighted by Gasteiger charge is -2.34. The molecule has 150 valence electrons. The van der Waals surface area contributed by atoms with Gasteiger partial charge >= 0.3 is 0 Å². The number of amides is 1. The standard InChI is InChI=1S/C22H22ClN3O3/c1-28-17-11-7-10-16(14-17)20-24-21(29-25-20)18-12-5-6-13-26(18)22(27)19(23)15-8-3-2-4-9-15/h2-4,7-11,14,18-19H,5-6,12-13H2,1H3/t18-,19+/m0/s1. The van der Waals surface area contributed by atoms with Gasteiger partial charge in [-0.15, -0.1) is 11.6 Å². The smallest absolute Gasteiger partial charge is 0.249 e. The largest absolute Gasteiger partial charge is 0.497 e. The molecular formula is C22H22ClN3O3. The Balaban J connectivity index is 1.58. The molecule has 2 heterocycles. The van der Waals surface area contributed by atoms with E-state index in [1.165, 1.54) is 0 Å². The molecule has 0 saturated carbocycles. The Labute approximate surface area is 174 Å². The summed E-state index contributed by atoms with van der Waals surface area (Å²) in [7, 11) is 1.61. The molecule has 4 rings (SSSR count). The third-order valence-corrected chi connectivity index (χ3v) is 5.59. The Morgan fingerprint density at radius 3 is 2.83 bits per heavy atom. The number of halogens is 1. The van der Waals surface area contributed by atoms with Crippen molar-refractivity contribution >= 4 is 17.5 Å². The number of aromatic nitrogens is 2. The van der Waals surface area contributed by atoms with E-state index >= 15 is 0 Å². The summed E-state index contributed by atoms with van der Waals surface area (Å²) in [5.41, 5.74) is 1.58. The Morgan fingerprint density at radius 1 is 1.21 bits per heavy atom. The van der Waals surface area contributed by atoms with Gasteiger partial charge in [-0.3, -0.25) is 4.79 Å². The average molecular weight is 412 g/mol. The van der Waals surface area contributed by atoms with Crippen molar-refractivity contribution in [3.63, 3.8) is 0 Å². The SMILES string of the molecule is COc1cccc(-c2noc([C@@H]3CCCCN3C(=O)[C@H](Cl)c3ccccc3)n2)c1. The van der Waals surface area contributed by atoms with Crippen LogP contribution in [0, 0.1) is 0 Å². The molecule has 1 saturated heterocycles. The zero-order valence-corrected chi connectivity index (χ0v) is 16.9. The summed E-state index contributed by atoms with van der Waals surface area (Å²) in [4.78, 5) is 19.5. The summed E-state index contributed by atoms with van der Waals surface area (Å²) in [5, 5.41) is 3.38. The molecule has 1 aliphatic rings. The minimum absolute atomic E-state index is 0.135. The fraction of sp³-hybridized carbons (Fsp3) is 0.318. The predicted octanol–water partition coefficient (Wildman–Crippen LogP) is 4.78. The van der Waals surface area contributed by atoms with Gasteiger partial charge in [-0.25, -0.2) is 0 Å². The van der Waals surface area contributed by atoms with Gasteiger partial charge in [0.15, 0.2) is 0 Å². The van der Waals surface area contributed by atoms with Crippen LogP contribution < -0.4 is 4.74 Å². The molecule has 1 amide bonds. The predicted molar refractivity (Wildman–Crippen MR) is 110 cm³/mol. The van der Waals surface area contributed by atoms with Gasteiger partial charge in [0.1, 0.15) is 17.2 Å². The van der Waals surface area contributed by atoms with Crippen LogP contribution in [0.2, 0.25) is 0 Å². The highest BCUT2D eigenvalue weighted by molar-refractivity contribution is 6.30. The zero-order valence-electron chi connectivity index (χ0n) is 16.1. The Morgan fingerprint density at radius 2 is 2.03 bits per heavy atom. The monoisotopic (exact) mass is 411 g/mol. The molecule has 0 radical (unpaired) electrons. The number of alkyl halides is 1. The first-order chi connectivity index (χ1) is 14.2. The van der Waals surface area contributed by atoms with Gasteiger partial charge in [0, 0.05) is 12.1 Å². The number of hydrogen-bond acceptors (Lipinski definition) is 5. The minimum atomic E-state index is -0.738. The van der Waals surface area contributed by atoms with E-state index in [2.05, 4.69) is 10.1 Å². The maximum atomic E-state index is 13.1. The van der Waals surface area contributed by atoms with Crippen molar-refractivity contribution in [3.05, 3.63) is 66.1 Å². The van der Waals surface area contributed by atoms with Crippen LogP contribution >= 0.6 is 11.6 Å². The Kier molecular flexibility index (Phi) is 5.81. The van der Waals surface area contributed by atoms with Crippen LogP contribution in [0.3, 0.4) is 0 Å². The highest BCUT2D eigenvalue weighted by Crippen LogP contribution is 2.35. The van der Waals surface area contributed by atoms with Gasteiger partial charge in [0.2, 0.25) is 17.6 Å². The van der Waals surface area contributed by atoms with Gasteiger partial charge in [-0.1, -0.05) is 47.6 Å². The van der Waals surface area contributed by atoms with Crippen LogP contribution in [0.25, 0.3) is 11.4 Å². The number of carbonyl (C=O) groups is 1. The molecule has 29 heavy (non-hydrogen) atoms. The molecule has 0 N–H and O–H groups in total. The summed E-state index contributed by atoms with van der Waals surface area (Å²) in [6.45, 7) is 0.621. The molecule has 0 aliphatic carbocycles. The number of benzene rings is 2. The number of rotatable bonds is 5. The van der Waals surface area contributed by atoms with E-state index in [4.69, 9.17) is 20.9 Å². The quantitative estimate of drug-likeness (QED) is 0.565. The van der Waals surface area contributed by atoms with E-state index in [0.717, 1.165) is 36.1 Å². The fourth-order valence-electron chi connectivity index (χ4n) is 3.61. The normalized spacial score (nSPS) is 17.7. The van der Waals surface area contributed by atoms with Gasteiger partial charge < -0.3 is 14.2 Å². The van der Waals surface area contributed by atoms with E-state index in [-0.39, 0.29) is 11.9 Å². The highest BCUT2D eigenvalue weighted by Gasteiger charge is 2.35. The lowest BCUT2D eigenvalue weighted by Crippen LogP contribution is -2.40. The van der Waals surface area contributed by atoms with Crippen LogP contribution in [0.1, 0.15) is 42.1 Å².